The molecular formula is C11H12FNO5. The van der Waals surface area contributed by atoms with Crippen LogP contribution in [0.25, 0.3) is 0 Å². The van der Waals surface area contributed by atoms with Gasteiger partial charge in [0.1, 0.15) is 0 Å². The highest BCUT2D eigenvalue weighted by atomic mass is 19.1. The van der Waals surface area contributed by atoms with Crippen LogP contribution in [0, 0.1) is 10.1 Å². The lowest BCUT2D eigenvalue weighted by Crippen LogP contribution is -2.33. The molecule has 1 aromatic carbocycles. The minimum absolute atomic E-state index is 0.0206. The summed E-state index contributed by atoms with van der Waals surface area (Å²) in [6.45, 7) is 0. The monoisotopic (exact) mass is 257 g/mol. The van der Waals surface area contributed by atoms with E-state index in [0.717, 1.165) is 12.1 Å². The molecule has 0 spiro atoms. The Morgan fingerprint density at radius 1 is 1.28 bits per heavy atom. The number of carbonyl (C=O) groups excluding carboxylic acids is 1. The van der Waals surface area contributed by atoms with E-state index in [2.05, 4.69) is 9.47 Å². The molecule has 0 aliphatic carbocycles. The van der Waals surface area contributed by atoms with Crippen molar-refractivity contribution >= 4 is 11.5 Å². The van der Waals surface area contributed by atoms with Crippen molar-refractivity contribution in [1.29, 1.82) is 0 Å². The topological polar surface area (TPSA) is 78.7 Å². The molecule has 0 aliphatic rings. The van der Waals surface area contributed by atoms with Crippen LogP contribution < -0.4 is 0 Å². The molecule has 1 atom stereocenters. The first-order valence-corrected chi connectivity index (χ1v) is 4.99. The van der Waals surface area contributed by atoms with Crippen LogP contribution in [0.1, 0.15) is 10.4 Å². The zero-order valence-corrected chi connectivity index (χ0v) is 9.83. The maximum Gasteiger partial charge on any atom is 0.269 e. The summed E-state index contributed by atoms with van der Waals surface area (Å²) in [5.74, 6) is -0.849. The van der Waals surface area contributed by atoms with E-state index in [0.29, 0.717) is 0 Å². The number of non-ortho nitro benzene ring substituents is 1. The molecule has 0 amide bonds. The fraction of sp³-hybridized carbons (Fsp3) is 0.364. The van der Waals surface area contributed by atoms with Crippen molar-refractivity contribution in [3.05, 3.63) is 39.9 Å². The second-order valence-corrected chi connectivity index (χ2v) is 3.41. The summed E-state index contributed by atoms with van der Waals surface area (Å²) in [5.41, 5.74) is -0.149. The van der Waals surface area contributed by atoms with Gasteiger partial charge >= 0.3 is 0 Å². The highest BCUT2D eigenvalue weighted by Crippen LogP contribution is 2.16. The fourth-order valence-corrected chi connectivity index (χ4v) is 1.37. The van der Waals surface area contributed by atoms with E-state index >= 15 is 0 Å². The number of hydrogen-bond acceptors (Lipinski definition) is 5. The first kappa shape index (κ1) is 14.2. The van der Waals surface area contributed by atoms with E-state index in [9.17, 15) is 19.3 Å². The van der Waals surface area contributed by atoms with Gasteiger partial charge in [-0.25, -0.2) is 4.39 Å². The third-order valence-corrected chi connectivity index (χ3v) is 2.32. The smallest absolute Gasteiger partial charge is 0.269 e. The lowest BCUT2D eigenvalue weighted by molar-refractivity contribution is -0.384. The van der Waals surface area contributed by atoms with Gasteiger partial charge in [-0.05, 0) is 12.1 Å². The number of nitro groups is 1. The minimum Gasteiger partial charge on any atom is -0.353 e. The minimum atomic E-state index is -1.98. The van der Waals surface area contributed by atoms with Crippen molar-refractivity contribution in [2.45, 2.75) is 12.5 Å². The second kappa shape index (κ2) is 6.18. The molecule has 0 bridgehead atoms. The third-order valence-electron chi connectivity index (χ3n) is 2.32. The van der Waals surface area contributed by atoms with Gasteiger partial charge in [-0.2, -0.15) is 0 Å². The van der Waals surface area contributed by atoms with Crippen LogP contribution >= 0.6 is 0 Å². The molecule has 0 fully saturated rings. The van der Waals surface area contributed by atoms with Gasteiger partial charge in [-0.15, -0.1) is 0 Å². The molecule has 0 aliphatic heterocycles. The molecule has 7 heteroatoms. The maximum atomic E-state index is 13.7. The van der Waals surface area contributed by atoms with Crippen molar-refractivity contribution in [3.63, 3.8) is 0 Å². The van der Waals surface area contributed by atoms with Crippen LogP contribution in [-0.2, 0) is 9.47 Å². The van der Waals surface area contributed by atoms with Gasteiger partial charge in [0.2, 0.25) is 12.0 Å². The van der Waals surface area contributed by atoms with E-state index in [4.69, 9.17) is 0 Å². The predicted octanol–water partition coefficient (Wildman–Crippen LogP) is 1.73. The molecule has 0 heterocycles. The molecular weight excluding hydrogens is 245 g/mol. The average Bonchev–Trinajstić information content (AvgIpc) is 2.39. The molecule has 1 aromatic rings. The molecule has 98 valence electrons. The molecule has 1 unspecified atom stereocenters. The third kappa shape index (κ3) is 3.08. The second-order valence-electron chi connectivity index (χ2n) is 3.41. The molecule has 1 rings (SSSR count). The zero-order valence-electron chi connectivity index (χ0n) is 9.83. The van der Waals surface area contributed by atoms with E-state index < -0.39 is 23.2 Å². The molecule has 0 saturated heterocycles. The van der Waals surface area contributed by atoms with E-state index in [1.54, 1.807) is 0 Å². The van der Waals surface area contributed by atoms with Crippen LogP contribution in [-0.4, -0.2) is 37.4 Å². The standard InChI is InChI=1S/C11H12FNO5/c1-17-11(18-2)9(12)10(14)7-3-5-8(6-4-7)13(15)16/h3-6,9,11H,1-2H3. The predicted molar refractivity (Wildman–Crippen MR) is 60.1 cm³/mol. The van der Waals surface area contributed by atoms with Gasteiger partial charge in [0.05, 0.1) is 4.92 Å². The Bertz CT molecular complexity index is 430. The Kier molecular flexibility index (Phi) is 4.87. The lowest BCUT2D eigenvalue weighted by Gasteiger charge is -2.16. The maximum absolute atomic E-state index is 13.7. The fourth-order valence-electron chi connectivity index (χ4n) is 1.37. The zero-order chi connectivity index (χ0) is 13.7. The number of carbonyl (C=O) groups is 1. The number of benzene rings is 1. The molecule has 0 aromatic heterocycles. The van der Waals surface area contributed by atoms with Gasteiger partial charge in [0.15, 0.2) is 6.29 Å². The summed E-state index contributed by atoms with van der Waals surface area (Å²) in [7, 11) is 2.42. The van der Waals surface area contributed by atoms with Crippen LogP contribution in [0.3, 0.4) is 0 Å². The van der Waals surface area contributed by atoms with Crippen LogP contribution in [0.2, 0.25) is 0 Å². The number of nitrogens with zero attached hydrogens (tertiary/aromatic N) is 1. The van der Waals surface area contributed by atoms with Crippen LogP contribution in [0.4, 0.5) is 10.1 Å². The number of halogens is 1. The molecule has 0 saturated carbocycles. The van der Waals surface area contributed by atoms with Crippen molar-refractivity contribution in [2.75, 3.05) is 14.2 Å². The van der Waals surface area contributed by atoms with Gasteiger partial charge in [-0.1, -0.05) is 0 Å². The number of nitro benzene ring substituents is 1. The summed E-state index contributed by atoms with van der Waals surface area (Å²) < 4.78 is 23.0. The SMILES string of the molecule is COC(OC)C(F)C(=O)c1ccc([N+](=O)[O-])cc1. The average molecular weight is 257 g/mol. The Hall–Kier alpha value is -1.86. The Morgan fingerprint density at radius 2 is 1.78 bits per heavy atom. The first-order chi connectivity index (χ1) is 8.51. The number of rotatable bonds is 6. The lowest BCUT2D eigenvalue weighted by atomic mass is 10.1. The van der Waals surface area contributed by atoms with Crippen molar-refractivity contribution in [1.82, 2.24) is 0 Å². The van der Waals surface area contributed by atoms with Crippen molar-refractivity contribution in [2.24, 2.45) is 0 Å². The van der Waals surface area contributed by atoms with E-state index in [1.807, 2.05) is 0 Å². The van der Waals surface area contributed by atoms with Crippen molar-refractivity contribution < 1.29 is 23.6 Å². The van der Waals surface area contributed by atoms with Gasteiger partial charge in [0.25, 0.3) is 5.69 Å². The summed E-state index contributed by atoms with van der Waals surface area (Å²) in [4.78, 5) is 21.5. The highest BCUT2D eigenvalue weighted by Gasteiger charge is 2.29. The number of Topliss-reactive ketones (excluding diaryl/α,β-unsaturated/α-hetero) is 1. The Labute approximate surface area is 102 Å². The number of alkyl halides is 1. The highest BCUT2D eigenvalue weighted by molar-refractivity contribution is 5.99. The summed E-state index contributed by atoms with van der Waals surface area (Å²) in [6, 6.07) is 4.65. The van der Waals surface area contributed by atoms with Gasteiger partial charge < -0.3 is 9.47 Å². The van der Waals surface area contributed by atoms with Crippen LogP contribution in [0.15, 0.2) is 24.3 Å². The van der Waals surface area contributed by atoms with E-state index in [-0.39, 0.29) is 11.3 Å². The number of methoxy groups -OCH3 is 2. The molecule has 0 N–H and O–H groups in total. The molecule has 6 nitrogen and oxygen atoms in total. The Morgan fingerprint density at radius 3 is 2.17 bits per heavy atom. The van der Waals surface area contributed by atoms with Crippen molar-refractivity contribution in [3.8, 4) is 0 Å². The normalized spacial score (nSPS) is 12.4. The van der Waals surface area contributed by atoms with Gasteiger partial charge in [-0.3, -0.25) is 14.9 Å². The van der Waals surface area contributed by atoms with Crippen LogP contribution in [0.5, 0.6) is 0 Å². The molecule has 18 heavy (non-hydrogen) atoms. The number of hydrogen-bond donors (Lipinski definition) is 0. The van der Waals surface area contributed by atoms with E-state index in [1.165, 1.54) is 26.4 Å². The van der Waals surface area contributed by atoms with Gasteiger partial charge in [0, 0.05) is 31.9 Å². The quantitative estimate of drug-likeness (QED) is 0.335. The summed E-state index contributed by atoms with van der Waals surface area (Å²) in [5, 5.41) is 10.4. The first-order valence-electron chi connectivity index (χ1n) is 4.99. The molecule has 0 radical (unpaired) electrons. The summed E-state index contributed by atoms with van der Waals surface area (Å²) in [6.07, 6.45) is -3.28. The number of ketones is 1. The number of ether oxygens (including phenoxy) is 2. The Balaban J connectivity index is 2.87. The largest absolute Gasteiger partial charge is 0.353 e. The summed E-state index contributed by atoms with van der Waals surface area (Å²) >= 11 is 0.